The Balaban J connectivity index is 2.15. The summed E-state index contributed by atoms with van der Waals surface area (Å²) in [5.41, 5.74) is 7.55. The predicted molar refractivity (Wildman–Crippen MR) is 97.1 cm³/mol. The summed E-state index contributed by atoms with van der Waals surface area (Å²) in [4.78, 5) is 25.9. The summed E-state index contributed by atoms with van der Waals surface area (Å²) < 4.78 is 0. The molecule has 5 nitrogen and oxygen atoms in total. The van der Waals surface area contributed by atoms with Gasteiger partial charge in [0.05, 0.1) is 21.6 Å². The Morgan fingerprint density at radius 3 is 2.65 bits per heavy atom. The third-order valence-electron chi connectivity index (χ3n) is 3.76. The monoisotopic (exact) mass is 346 g/mol. The number of rotatable bonds is 4. The van der Waals surface area contributed by atoms with Gasteiger partial charge in [0, 0.05) is 13.1 Å². The van der Waals surface area contributed by atoms with Crippen LogP contribution in [0.15, 0.2) is 17.5 Å². The molecule has 3 heterocycles. The van der Waals surface area contributed by atoms with Crippen LogP contribution < -0.4 is 5.73 Å². The average Bonchev–Trinajstić information content (AvgIpc) is 3.16. The lowest BCUT2D eigenvalue weighted by molar-refractivity contribution is 0.0779. The van der Waals surface area contributed by atoms with E-state index in [9.17, 15) is 4.79 Å². The van der Waals surface area contributed by atoms with Gasteiger partial charge >= 0.3 is 0 Å². The van der Waals surface area contributed by atoms with E-state index in [1.54, 1.807) is 16.2 Å². The molecule has 3 aromatic rings. The van der Waals surface area contributed by atoms with Crippen LogP contribution in [0.25, 0.3) is 20.9 Å². The first-order valence-corrected chi connectivity index (χ1v) is 9.16. The van der Waals surface area contributed by atoms with Crippen LogP contribution in [0, 0.1) is 6.92 Å². The van der Waals surface area contributed by atoms with Crippen LogP contribution in [0.1, 0.15) is 29.2 Å². The molecule has 23 heavy (non-hydrogen) atoms. The highest BCUT2D eigenvalue weighted by atomic mass is 32.1. The van der Waals surface area contributed by atoms with Crippen molar-refractivity contribution in [3.05, 3.63) is 28.1 Å². The van der Waals surface area contributed by atoms with E-state index in [-0.39, 0.29) is 5.91 Å². The van der Waals surface area contributed by atoms with Crippen LogP contribution in [0.2, 0.25) is 0 Å². The van der Waals surface area contributed by atoms with Crippen molar-refractivity contribution in [3.63, 3.8) is 0 Å². The molecule has 1 amide bonds. The van der Waals surface area contributed by atoms with Gasteiger partial charge in [0.2, 0.25) is 0 Å². The Hall–Kier alpha value is -1.99. The molecule has 0 spiro atoms. The van der Waals surface area contributed by atoms with E-state index < -0.39 is 0 Å². The maximum absolute atomic E-state index is 12.6. The summed E-state index contributed by atoms with van der Waals surface area (Å²) in [5, 5.41) is 2.79. The van der Waals surface area contributed by atoms with E-state index in [4.69, 9.17) is 5.73 Å². The summed E-state index contributed by atoms with van der Waals surface area (Å²) in [7, 11) is 0. The van der Waals surface area contributed by atoms with Gasteiger partial charge in [-0.05, 0) is 32.2 Å². The fraction of sp³-hybridized carbons (Fsp3) is 0.312. The number of hydrogen-bond acceptors (Lipinski definition) is 6. The number of nitrogen functional groups attached to an aromatic ring is 1. The Morgan fingerprint density at radius 2 is 2.04 bits per heavy atom. The molecule has 0 aliphatic heterocycles. The van der Waals surface area contributed by atoms with E-state index in [0.717, 1.165) is 20.8 Å². The van der Waals surface area contributed by atoms with Crippen LogP contribution in [0.5, 0.6) is 0 Å². The number of fused-ring (bicyclic) bond motifs is 1. The minimum atomic E-state index is -0.0347. The molecule has 0 aliphatic carbocycles. The number of carbonyl (C=O) groups excluding carboxylic acids is 1. The summed E-state index contributed by atoms with van der Waals surface area (Å²) in [6, 6.07) is 3.96. The first-order valence-electron chi connectivity index (χ1n) is 7.46. The number of carbonyl (C=O) groups is 1. The lowest BCUT2D eigenvalue weighted by Crippen LogP contribution is -2.30. The molecule has 0 unspecified atom stereocenters. The number of hydrogen-bond donors (Lipinski definition) is 1. The van der Waals surface area contributed by atoms with Crippen molar-refractivity contribution in [3.8, 4) is 10.7 Å². The van der Waals surface area contributed by atoms with E-state index in [1.165, 1.54) is 11.3 Å². The third kappa shape index (κ3) is 2.70. The number of aryl methyl sites for hydroxylation is 1. The molecular formula is C16H18N4OS2. The van der Waals surface area contributed by atoms with Crippen molar-refractivity contribution >= 4 is 44.5 Å². The molecule has 3 rings (SSSR count). The van der Waals surface area contributed by atoms with Gasteiger partial charge in [0.15, 0.2) is 5.82 Å². The number of amides is 1. The van der Waals surface area contributed by atoms with Crippen LogP contribution in [-0.2, 0) is 0 Å². The quantitative estimate of drug-likeness (QED) is 0.780. The van der Waals surface area contributed by atoms with Crippen molar-refractivity contribution in [2.75, 3.05) is 18.8 Å². The Labute approximate surface area is 142 Å². The zero-order valence-electron chi connectivity index (χ0n) is 13.3. The smallest absolute Gasteiger partial charge is 0.266 e. The summed E-state index contributed by atoms with van der Waals surface area (Å²) in [6.07, 6.45) is 0. The SMILES string of the molecule is CCN(CC)C(=O)c1sc2nc(-c3cccs3)nc(C)c2c1N. The van der Waals surface area contributed by atoms with Gasteiger partial charge in [-0.15, -0.1) is 22.7 Å². The van der Waals surface area contributed by atoms with Crippen molar-refractivity contribution in [1.29, 1.82) is 0 Å². The zero-order valence-corrected chi connectivity index (χ0v) is 14.9. The lowest BCUT2D eigenvalue weighted by atomic mass is 10.2. The number of thiophene rings is 2. The van der Waals surface area contributed by atoms with Gasteiger partial charge in [-0.25, -0.2) is 9.97 Å². The molecule has 0 radical (unpaired) electrons. The van der Waals surface area contributed by atoms with E-state index in [1.807, 2.05) is 38.3 Å². The van der Waals surface area contributed by atoms with Crippen LogP contribution in [0.3, 0.4) is 0 Å². The maximum Gasteiger partial charge on any atom is 0.266 e. The van der Waals surface area contributed by atoms with Gasteiger partial charge in [-0.3, -0.25) is 4.79 Å². The molecule has 0 fully saturated rings. The second-order valence-corrected chi connectivity index (χ2v) is 7.06. The topological polar surface area (TPSA) is 72.1 Å². The molecule has 0 saturated heterocycles. The second kappa shape index (κ2) is 6.25. The van der Waals surface area contributed by atoms with E-state index >= 15 is 0 Å². The molecule has 3 aromatic heterocycles. The number of anilines is 1. The minimum Gasteiger partial charge on any atom is -0.397 e. The van der Waals surface area contributed by atoms with Gasteiger partial charge in [0.25, 0.3) is 5.91 Å². The van der Waals surface area contributed by atoms with Gasteiger partial charge in [0.1, 0.15) is 9.71 Å². The second-order valence-electron chi connectivity index (χ2n) is 5.11. The normalized spacial score (nSPS) is 11.1. The van der Waals surface area contributed by atoms with Crippen molar-refractivity contribution < 1.29 is 4.79 Å². The highest BCUT2D eigenvalue weighted by Crippen LogP contribution is 2.36. The molecule has 2 N–H and O–H groups in total. The van der Waals surface area contributed by atoms with Crippen LogP contribution >= 0.6 is 22.7 Å². The van der Waals surface area contributed by atoms with Crippen molar-refractivity contribution in [1.82, 2.24) is 14.9 Å². The Bertz CT molecular complexity index is 851. The molecular weight excluding hydrogens is 328 g/mol. The molecule has 7 heteroatoms. The molecule has 120 valence electrons. The Morgan fingerprint density at radius 1 is 1.30 bits per heavy atom. The number of nitrogens with two attached hydrogens (primary N) is 1. The Kier molecular flexibility index (Phi) is 4.32. The molecule has 0 bridgehead atoms. The summed E-state index contributed by atoms with van der Waals surface area (Å²) >= 11 is 2.95. The standard InChI is InChI=1S/C16H18N4OS2/c1-4-20(5-2)16(21)13-12(17)11-9(3)18-14(19-15(11)23-13)10-7-6-8-22-10/h6-8H,4-5,17H2,1-3H3. The largest absolute Gasteiger partial charge is 0.397 e. The van der Waals surface area contributed by atoms with Crippen molar-refractivity contribution in [2.45, 2.75) is 20.8 Å². The van der Waals surface area contributed by atoms with E-state index in [2.05, 4.69) is 9.97 Å². The van der Waals surface area contributed by atoms with E-state index in [0.29, 0.717) is 29.5 Å². The zero-order chi connectivity index (χ0) is 16.6. The highest BCUT2D eigenvalue weighted by Gasteiger charge is 2.23. The molecule has 0 atom stereocenters. The van der Waals surface area contributed by atoms with Gasteiger partial charge in [-0.1, -0.05) is 6.07 Å². The first kappa shape index (κ1) is 15.9. The first-order chi connectivity index (χ1) is 11.1. The van der Waals surface area contributed by atoms with Gasteiger partial charge < -0.3 is 10.6 Å². The molecule has 0 aliphatic rings. The molecule has 0 saturated carbocycles. The lowest BCUT2D eigenvalue weighted by Gasteiger charge is -2.17. The fourth-order valence-electron chi connectivity index (χ4n) is 2.53. The summed E-state index contributed by atoms with van der Waals surface area (Å²) in [6.45, 7) is 7.16. The van der Waals surface area contributed by atoms with Gasteiger partial charge in [-0.2, -0.15) is 0 Å². The highest BCUT2D eigenvalue weighted by molar-refractivity contribution is 7.21. The van der Waals surface area contributed by atoms with Crippen molar-refractivity contribution in [2.24, 2.45) is 0 Å². The number of aromatic nitrogens is 2. The maximum atomic E-state index is 12.6. The fourth-order valence-corrected chi connectivity index (χ4v) is 4.30. The summed E-state index contributed by atoms with van der Waals surface area (Å²) in [5.74, 6) is 0.653. The predicted octanol–water partition coefficient (Wildman–Crippen LogP) is 3.79. The molecule has 0 aromatic carbocycles. The average molecular weight is 346 g/mol. The third-order valence-corrected chi connectivity index (χ3v) is 5.71. The number of nitrogens with zero attached hydrogens (tertiary/aromatic N) is 3. The van der Waals surface area contributed by atoms with Crippen LogP contribution in [-0.4, -0.2) is 33.9 Å². The minimum absolute atomic E-state index is 0.0347. The van der Waals surface area contributed by atoms with Crippen LogP contribution in [0.4, 0.5) is 5.69 Å².